The number of benzene rings is 2. The normalized spacial score (nSPS) is 18.2. The second-order valence-electron chi connectivity index (χ2n) is 9.64. The number of halogens is 6. The van der Waals surface area contributed by atoms with Crippen molar-refractivity contribution in [3.63, 3.8) is 0 Å². The molecule has 0 bridgehead atoms. The summed E-state index contributed by atoms with van der Waals surface area (Å²) in [4.78, 5) is 19.3. The molecule has 1 fully saturated rings. The number of piperazine rings is 1. The molecule has 0 spiro atoms. The summed E-state index contributed by atoms with van der Waals surface area (Å²) in [5.41, 5.74) is -2.26. The Labute approximate surface area is 227 Å². The van der Waals surface area contributed by atoms with Gasteiger partial charge in [-0.25, -0.2) is 0 Å². The van der Waals surface area contributed by atoms with Crippen LogP contribution in [0.5, 0.6) is 11.5 Å². The number of rotatable bonds is 7. The molecule has 6 nitrogen and oxygen atoms in total. The Balaban J connectivity index is 1.55. The summed E-state index contributed by atoms with van der Waals surface area (Å²) in [7, 11) is 1.49. The molecule has 2 unspecified atom stereocenters. The minimum Gasteiger partial charge on any atom is -0.454 e. The van der Waals surface area contributed by atoms with E-state index >= 15 is 0 Å². The Kier molecular flexibility index (Phi) is 8.62. The van der Waals surface area contributed by atoms with Crippen LogP contribution in [0, 0.1) is 0 Å². The Morgan fingerprint density at radius 2 is 1.49 bits per heavy atom. The topological polar surface area (TPSA) is 45.2 Å². The first kappa shape index (κ1) is 29.3. The van der Waals surface area contributed by atoms with Crippen LogP contribution in [0.3, 0.4) is 0 Å². The summed E-state index contributed by atoms with van der Waals surface area (Å²) in [5.74, 6) is 0.723. The third-order valence-corrected chi connectivity index (χ3v) is 7.27. The predicted molar refractivity (Wildman–Crippen MR) is 135 cm³/mol. The summed E-state index contributed by atoms with van der Waals surface area (Å²) in [6.45, 7) is 4.42. The molecule has 2 aromatic carbocycles. The maximum atomic E-state index is 13.8. The monoisotopic (exact) mass is 577 g/mol. The van der Waals surface area contributed by atoms with Crippen LogP contribution < -0.4 is 9.47 Å². The zero-order chi connectivity index (χ0) is 28.5. The van der Waals surface area contributed by atoms with Gasteiger partial charge in [0.2, 0.25) is 12.7 Å². The maximum absolute atomic E-state index is 13.8. The zero-order valence-electron chi connectivity index (χ0n) is 21.3. The Morgan fingerprint density at radius 3 is 2.05 bits per heavy atom. The molecule has 2 atom stereocenters. The van der Waals surface area contributed by atoms with Crippen molar-refractivity contribution in [3.05, 3.63) is 58.7 Å². The minimum absolute atomic E-state index is 0.0450. The van der Waals surface area contributed by atoms with Gasteiger partial charge in [0.25, 0.3) is 0 Å². The van der Waals surface area contributed by atoms with Crippen molar-refractivity contribution in [2.24, 2.45) is 0 Å². The van der Waals surface area contributed by atoms with E-state index in [0.717, 1.165) is 0 Å². The Morgan fingerprint density at radius 1 is 0.923 bits per heavy atom. The van der Waals surface area contributed by atoms with Crippen molar-refractivity contribution in [2.75, 3.05) is 46.6 Å². The lowest BCUT2D eigenvalue weighted by Crippen LogP contribution is -2.52. The number of thiol groups is 1. The molecule has 2 aliphatic heterocycles. The Bertz CT molecular complexity index is 1150. The average Bonchev–Trinajstić information content (AvgIpc) is 3.34. The summed E-state index contributed by atoms with van der Waals surface area (Å²) in [6.07, 6.45) is -10.1. The number of ether oxygens (including phenoxy) is 2. The van der Waals surface area contributed by atoms with Crippen LogP contribution in [0.2, 0.25) is 0 Å². The van der Waals surface area contributed by atoms with Crippen molar-refractivity contribution in [3.8, 4) is 11.5 Å². The van der Waals surface area contributed by atoms with Gasteiger partial charge in [-0.2, -0.15) is 39.0 Å². The van der Waals surface area contributed by atoms with Crippen LogP contribution in [0.25, 0.3) is 0 Å². The van der Waals surface area contributed by atoms with Crippen molar-refractivity contribution >= 4 is 18.5 Å². The molecular weight excluding hydrogens is 548 g/mol. The molecule has 0 saturated carbocycles. The number of amides is 1. The van der Waals surface area contributed by atoms with Gasteiger partial charge in [0.1, 0.15) is 6.04 Å². The van der Waals surface area contributed by atoms with E-state index < -0.39 is 29.5 Å². The molecule has 0 aliphatic carbocycles. The van der Waals surface area contributed by atoms with E-state index in [2.05, 4.69) is 17.5 Å². The first-order valence-electron chi connectivity index (χ1n) is 12.3. The highest BCUT2D eigenvalue weighted by molar-refractivity contribution is 7.80. The molecule has 2 aromatic rings. The molecule has 13 heteroatoms. The molecular formula is C26H29F6N3O3S. The highest BCUT2D eigenvalue weighted by atomic mass is 32.1. The summed E-state index contributed by atoms with van der Waals surface area (Å²) in [5, 5.41) is 0.0450. The number of carbonyl (C=O) groups excluding carboxylic acids is 1. The van der Waals surface area contributed by atoms with E-state index in [1.54, 1.807) is 18.2 Å². The molecule has 214 valence electrons. The van der Waals surface area contributed by atoms with Crippen LogP contribution in [-0.4, -0.2) is 72.5 Å². The quantitative estimate of drug-likeness (QED) is 0.367. The van der Waals surface area contributed by atoms with E-state index in [1.807, 2.05) is 11.8 Å². The van der Waals surface area contributed by atoms with Crippen molar-refractivity contribution in [2.45, 2.75) is 37.1 Å². The van der Waals surface area contributed by atoms with Gasteiger partial charge >= 0.3 is 12.4 Å². The summed E-state index contributed by atoms with van der Waals surface area (Å²) < 4.78 is 90.5. The second kappa shape index (κ2) is 11.5. The molecule has 1 saturated heterocycles. The van der Waals surface area contributed by atoms with Crippen molar-refractivity contribution < 1.29 is 40.6 Å². The van der Waals surface area contributed by atoms with Crippen molar-refractivity contribution in [1.82, 2.24) is 14.7 Å². The fraction of sp³-hybridized carbons (Fsp3) is 0.500. The van der Waals surface area contributed by atoms with Gasteiger partial charge in [-0.05, 0) is 54.8 Å². The number of fused-ring (bicyclic) bond motifs is 1. The van der Waals surface area contributed by atoms with Gasteiger partial charge in [-0.3, -0.25) is 14.6 Å². The highest BCUT2D eigenvalue weighted by Crippen LogP contribution is 2.38. The smallest absolute Gasteiger partial charge is 0.416 e. The first-order valence-corrected chi connectivity index (χ1v) is 12.8. The van der Waals surface area contributed by atoms with Crippen LogP contribution in [-0.2, 0) is 23.6 Å². The fourth-order valence-corrected chi connectivity index (χ4v) is 4.97. The van der Waals surface area contributed by atoms with Gasteiger partial charge < -0.3 is 14.4 Å². The fourth-order valence-electron chi connectivity index (χ4n) is 4.74. The predicted octanol–water partition coefficient (Wildman–Crippen LogP) is 5.09. The third-order valence-electron chi connectivity index (χ3n) is 6.95. The molecule has 2 aliphatic rings. The van der Waals surface area contributed by atoms with E-state index in [-0.39, 0.29) is 42.7 Å². The molecule has 1 amide bonds. The summed E-state index contributed by atoms with van der Waals surface area (Å²) in [6, 6.07) is 5.97. The van der Waals surface area contributed by atoms with E-state index in [0.29, 0.717) is 55.4 Å². The number of likely N-dealkylation sites (N-methyl/N-ethyl adjacent to an activating group) is 1. The zero-order valence-corrected chi connectivity index (χ0v) is 22.2. The standard InChI is InChI=1S/C26H29F6N3O3S/c1-16(39)34-7-9-35(10-8-34)23(18-3-4-21-22(13-18)38-15-37-21)24(36)33(2)6-5-17-11-19(25(27,28)29)14-20(12-17)26(30,31)32/h3-4,11-14,16,23,39H,5-10,15H2,1-2H3. The van der Waals surface area contributed by atoms with E-state index in [1.165, 1.54) is 11.9 Å². The molecule has 2 heterocycles. The number of hydrogen-bond donors (Lipinski definition) is 1. The third kappa shape index (κ3) is 6.93. The van der Waals surface area contributed by atoms with Gasteiger partial charge in [0.05, 0.1) is 11.1 Å². The average molecular weight is 578 g/mol. The molecule has 0 aromatic heterocycles. The van der Waals surface area contributed by atoms with Gasteiger partial charge in [-0.1, -0.05) is 6.07 Å². The lowest BCUT2D eigenvalue weighted by Gasteiger charge is -2.41. The molecule has 0 radical (unpaired) electrons. The number of hydrogen-bond acceptors (Lipinski definition) is 6. The SMILES string of the molecule is CC(S)N1CCN(C(C(=O)N(C)CCc2cc(C(F)(F)F)cc(C(F)(F)F)c2)c2ccc3c(c2)OCO3)CC1. The largest absolute Gasteiger partial charge is 0.454 e. The van der Waals surface area contributed by atoms with Crippen LogP contribution >= 0.6 is 12.6 Å². The van der Waals surface area contributed by atoms with Gasteiger partial charge in [0.15, 0.2) is 11.5 Å². The van der Waals surface area contributed by atoms with E-state index in [4.69, 9.17) is 9.47 Å². The molecule has 4 rings (SSSR count). The van der Waals surface area contributed by atoms with Crippen LogP contribution in [0.1, 0.15) is 35.2 Å². The number of alkyl halides is 6. The Hall–Kier alpha value is -2.64. The first-order chi connectivity index (χ1) is 18.2. The van der Waals surface area contributed by atoms with E-state index in [9.17, 15) is 31.1 Å². The minimum atomic E-state index is -4.94. The lowest BCUT2D eigenvalue weighted by atomic mass is 10.0. The van der Waals surface area contributed by atoms with Crippen LogP contribution in [0.4, 0.5) is 26.3 Å². The number of carbonyl (C=O) groups is 1. The highest BCUT2D eigenvalue weighted by Gasteiger charge is 2.37. The molecule has 0 N–H and O–H groups in total. The van der Waals surface area contributed by atoms with Gasteiger partial charge in [0, 0.05) is 45.1 Å². The van der Waals surface area contributed by atoms with Crippen molar-refractivity contribution in [1.29, 1.82) is 0 Å². The lowest BCUT2D eigenvalue weighted by molar-refractivity contribution is -0.143. The van der Waals surface area contributed by atoms with Gasteiger partial charge in [-0.15, -0.1) is 0 Å². The second-order valence-corrected chi connectivity index (χ2v) is 10.4. The number of nitrogens with zero attached hydrogens (tertiary/aromatic N) is 3. The van der Waals surface area contributed by atoms with Crippen LogP contribution in [0.15, 0.2) is 36.4 Å². The molecule has 39 heavy (non-hydrogen) atoms. The maximum Gasteiger partial charge on any atom is 0.416 e. The summed E-state index contributed by atoms with van der Waals surface area (Å²) >= 11 is 4.48.